The van der Waals surface area contributed by atoms with Crippen molar-refractivity contribution in [3.05, 3.63) is 18.2 Å². The normalized spacial score (nSPS) is 27.0. The molecule has 3 unspecified atom stereocenters. The number of rotatable bonds is 4. The van der Waals surface area contributed by atoms with E-state index in [9.17, 15) is 0 Å². The minimum Gasteiger partial charge on any atom is -0.334 e. The molecule has 5 heteroatoms. The maximum absolute atomic E-state index is 6.42. The molecule has 3 nitrogen and oxygen atoms in total. The summed E-state index contributed by atoms with van der Waals surface area (Å²) in [5.74, 6) is 3.51. The summed E-state index contributed by atoms with van der Waals surface area (Å²) in [7, 11) is 0. The van der Waals surface area contributed by atoms with Gasteiger partial charge in [-0.05, 0) is 6.42 Å². The topological polar surface area (TPSA) is 43.8 Å². The Balaban J connectivity index is 2.11. The van der Waals surface area contributed by atoms with E-state index in [1.54, 1.807) is 0 Å². The van der Waals surface area contributed by atoms with Crippen molar-refractivity contribution in [3.8, 4) is 0 Å². The van der Waals surface area contributed by atoms with E-state index in [2.05, 4.69) is 23.4 Å². The third-order valence-corrected chi connectivity index (χ3v) is 6.32. The maximum atomic E-state index is 6.42. The highest BCUT2D eigenvalue weighted by Gasteiger charge is 2.31. The molecule has 0 amide bonds. The van der Waals surface area contributed by atoms with Crippen LogP contribution < -0.4 is 5.73 Å². The molecule has 1 aromatic heterocycles. The molecular formula is C12H21N3S2. The van der Waals surface area contributed by atoms with Gasteiger partial charge < -0.3 is 10.3 Å². The quantitative estimate of drug-likeness (QED) is 0.914. The van der Waals surface area contributed by atoms with Crippen LogP contribution in [-0.2, 0) is 6.54 Å². The number of nitrogens with zero attached hydrogens (tertiary/aromatic N) is 2. The summed E-state index contributed by atoms with van der Waals surface area (Å²) in [6.07, 6.45) is 5.04. The number of aryl methyl sites for hydroxylation is 1. The van der Waals surface area contributed by atoms with Crippen LogP contribution in [0.25, 0.3) is 0 Å². The molecule has 2 heterocycles. The average Bonchev–Trinajstić information content (AvgIpc) is 2.78. The Bertz CT molecular complexity index is 353. The predicted octanol–water partition coefficient (Wildman–Crippen LogP) is 2.53. The van der Waals surface area contributed by atoms with Gasteiger partial charge in [0.05, 0.1) is 6.04 Å². The first-order chi connectivity index (χ1) is 8.24. The summed E-state index contributed by atoms with van der Waals surface area (Å²) in [5.41, 5.74) is 6.42. The van der Waals surface area contributed by atoms with Gasteiger partial charge >= 0.3 is 0 Å². The van der Waals surface area contributed by atoms with Crippen molar-refractivity contribution in [2.24, 2.45) is 5.73 Å². The molecule has 0 aliphatic carbocycles. The summed E-state index contributed by atoms with van der Waals surface area (Å²) in [5, 5.41) is 1.11. The molecule has 0 aromatic carbocycles. The molecule has 1 aliphatic rings. The molecule has 0 bridgehead atoms. The first-order valence-electron chi connectivity index (χ1n) is 6.24. The number of aromatic nitrogens is 2. The Labute approximate surface area is 112 Å². The van der Waals surface area contributed by atoms with Crippen molar-refractivity contribution in [1.82, 2.24) is 9.55 Å². The number of nitrogens with two attached hydrogens (primary N) is 1. The Hall–Kier alpha value is -0.130. The smallest absolute Gasteiger partial charge is 0.126 e. The van der Waals surface area contributed by atoms with Crippen molar-refractivity contribution >= 4 is 23.5 Å². The van der Waals surface area contributed by atoms with E-state index in [4.69, 9.17) is 5.73 Å². The lowest BCUT2D eigenvalue weighted by atomic mass is 10.1. The van der Waals surface area contributed by atoms with Crippen molar-refractivity contribution in [1.29, 1.82) is 0 Å². The van der Waals surface area contributed by atoms with Gasteiger partial charge in [-0.3, -0.25) is 0 Å². The van der Waals surface area contributed by atoms with E-state index in [0.717, 1.165) is 18.8 Å². The lowest BCUT2D eigenvalue weighted by molar-refractivity contribution is 0.557. The molecule has 1 fully saturated rings. The standard InChI is InChI=1S/C12H21N3S2/c1-3-5-15-6-4-14-12(15)10(13)11-9(2)16-7-8-17-11/h4,6,9-11H,3,5,7-8,13H2,1-2H3. The van der Waals surface area contributed by atoms with Gasteiger partial charge in [-0.15, -0.1) is 0 Å². The molecule has 0 radical (unpaired) electrons. The van der Waals surface area contributed by atoms with Crippen molar-refractivity contribution < 1.29 is 0 Å². The van der Waals surface area contributed by atoms with Gasteiger partial charge in [-0.1, -0.05) is 13.8 Å². The summed E-state index contributed by atoms with van der Waals surface area (Å²) < 4.78 is 2.21. The summed E-state index contributed by atoms with van der Waals surface area (Å²) in [4.78, 5) is 4.46. The molecule has 0 spiro atoms. The lowest BCUT2D eigenvalue weighted by Gasteiger charge is -2.32. The number of imidazole rings is 1. The van der Waals surface area contributed by atoms with Crippen LogP contribution in [0, 0.1) is 0 Å². The first-order valence-corrected chi connectivity index (χ1v) is 8.33. The van der Waals surface area contributed by atoms with Gasteiger partial charge in [0.2, 0.25) is 0 Å². The van der Waals surface area contributed by atoms with Crippen molar-refractivity contribution in [2.45, 2.75) is 43.4 Å². The fourth-order valence-corrected chi connectivity index (χ4v) is 5.08. The second-order valence-corrected chi connectivity index (χ2v) is 7.19. The molecule has 2 N–H and O–H groups in total. The van der Waals surface area contributed by atoms with E-state index in [1.165, 1.54) is 11.5 Å². The van der Waals surface area contributed by atoms with Gasteiger partial charge in [0.25, 0.3) is 0 Å². The monoisotopic (exact) mass is 271 g/mol. The largest absolute Gasteiger partial charge is 0.334 e. The molecule has 1 aromatic rings. The number of hydrogen-bond donors (Lipinski definition) is 1. The van der Waals surface area contributed by atoms with Crippen LogP contribution >= 0.6 is 23.5 Å². The van der Waals surface area contributed by atoms with Crippen LogP contribution in [-0.4, -0.2) is 31.6 Å². The van der Waals surface area contributed by atoms with Gasteiger partial charge in [0.1, 0.15) is 5.82 Å². The average molecular weight is 271 g/mol. The minimum absolute atomic E-state index is 0.0596. The molecule has 3 atom stereocenters. The Morgan fingerprint density at radius 2 is 2.29 bits per heavy atom. The van der Waals surface area contributed by atoms with Crippen LogP contribution in [0.15, 0.2) is 12.4 Å². The highest BCUT2D eigenvalue weighted by molar-refractivity contribution is 8.07. The van der Waals surface area contributed by atoms with Crippen LogP contribution in [0.5, 0.6) is 0 Å². The Morgan fingerprint density at radius 3 is 3.00 bits per heavy atom. The molecule has 2 rings (SSSR count). The highest BCUT2D eigenvalue weighted by atomic mass is 32.2. The Morgan fingerprint density at radius 1 is 1.53 bits per heavy atom. The van der Waals surface area contributed by atoms with E-state index < -0.39 is 0 Å². The molecule has 96 valence electrons. The van der Waals surface area contributed by atoms with Crippen LogP contribution in [0.1, 0.15) is 32.1 Å². The van der Waals surface area contributed by atoms with Gasteiger partial charge in [0.15, 0.2) is 0 Å². The van der Waals surface area contributed by atoms with Gasteiger partial charge in [-0.25, -0.2) is 4.98 Å². The molecule has 1 saturated heterocycles. The highest BCUT2D eigenvalue weighted by Crippen LogP contribution is 2.37. The zero-order valence-corrected chi connectivity index (χ0v) is 12.1. The SMILES string of the molecule is CCCn1ccnc1C(N)C1SCCSC1C. The Kier molecular flexibility index (Phi) is 4.82. The van der Waals surface area contributed by atoms with E-state index in [1.807, 2.05) is 35.9 Å². The number of thioether (sulfide) groups is 2. The molecule has 1 aliphatic heterocycles. The lowest BCUT2D eigenvalue weighted by Crippen LogP contribution is -2.35. The zero-order chi connectivity index (χ0) is 12.3. The summed E-state index contributed by atoms with van der Waals surface area (Å²) >= 11 is 4.04. The van der Waals surface area contributed by atoms with Gasteiger partial charge in [-0.2, -0.15) is 23.5 Å². The molecule has 0 saturated carbocycles. The van der Waals surface area contributed by atoms with E-state index in [0.29, 0.717) is 10.5 Å². The maximum Gasteiger partial charge on any atom is 0.126 e. The van der Waals surface area contributed by atoms with Crippen molar-refractivity contribution in [2.75, 3.05) is 11.5 Å². The summed E-state index contributed by atoms with van der Waals surface area (Å²) in [6.45, 7) is 5.49. The second-order valence-electron chi connectivity index (χ2n) is 4.42. The van der Waals surface area contributed by atoms with Crippen LogP contribution in [0.4, 0.5) is 0 Å². The van der Waals surface area contributed by atoms with Crippen molar-refractivity contribution in [3.63, 3.8) is 0 Å². The van der Waals surface area contributed by atoms with Crippen LogP contribution in [0.3, 0.4) is 0 Å². The third-order valence-electron chi connectivity index (χ3n) is 3.10. The fraction of sp³-hybridized carbons (Fsp3) is 0.750. The van der Waals surface area contributed by atoms with Crippen LogP contribution in [0.2, 0.25) is 0 Å². The first kappa shape index (κ1) is 13.3. The van der Waals surface area contributed by atoms with Gasteiger partial charge in [0, 0.05) is 40.9 Å². The second kappa shape index (κ2) is 6.16. The van der Waals surface area contributed by atoms with E-state index in [-0.39, 0.29) is 6.04 Å². The minimum atomic E-state index is 0.0596. The number of hydrogen-bond acceptors (Lipinski definition) is 4. The predicted molar refractivity (Wildman–Crippen MR) is 77.6 cm³/mol. The van der Waals surface area contributed by atoms with E-state index >= 15 is 0 Å². The third kappa shape index (κ3) is 3.01. The summed E-state index contributed by atoms with van der Waals surface area (Å²) in [6, 6.07) is 0.0596. The molecular weight excluding hydrogens is 250 g/mol. The molecule has 17 heavy (non-hydrogen) atoms. The fourth-order valence-electron chi connectivity index (χ4n) is 2.24. The zero-order valence-electron chi connectivity index (χ0n) is 10.5.